The second kappa shape index (κ2) is 8.48. The van der Waals surface area contributed by atoms with Gasteiger partial charge in [-0.05, 0) is 74.8 Å². The summed E-state index contributed by atoms with van der Waals surface area (Å²) in [6, 6.07) is 3.00. The summed E-state index contributed by atoms with van der Waals surface area (Å²) in [5, 5.41) is 17.8. The third-order valence-electron chi connectivity index (χ3n) is 7.46. The Kier molecular flexibility index (Phi) is 5.74. The number of aliphatic hydroxyl groups is 1. The number of amides is 1. The molecule has 7 nitrogen and oxygen atoms in total. The van der Waals surface area contributed by atoms with Crippen molar-refractivity contribution >= 4 is 17.4 Å². The second-order valence-electron chi connectivity index (χ2n) is 11.1. The number of halogens is 1. The standard InChI is InChI=1S/C26H33FN4O3/c1-26(2)12-20-22(21(33)13-26)18(11-14-3-4-14)30-31(20)19-10-9-17(25(28)34)24(23(19)27)29-15-5-7-16(32)8-6-15/h9-10,14-16,29,32H,3-8,11-13H2,1-2H3,(H2,28,34). The molecule has 2 fully saturated rings. The van der Waals surface area contributed by atoms with E-state index in [1.807, 2.05) is 13.8 Å². The number of nitrogens with zero attached hydrogens (tertiary/aromatic N) is 2. The summed E-state index contributed by atoms with van der Waals surface area (Å²) in [5.74, 6) is -0.698. The zero-order chi connectivity index (χ0) is 24.2. The van der Waals surface area contributed by atoms with Gasteiger partial charge in [0.15, 0.2) is 11.6 Å². The van der Waals surface area contributed by atoms with Crippen LogP contribution in [0.15, 0.2) is 12.1 Å². The fourth-order valence-electron chi connectivity index (χ4n) is 5.46. The molecule has 1 aromatic heterocycles. The highest BCUT2D eigenvalue weighted by Gasteiger charge is 2.38. The highest BCUT2D eigenvalue weighted by atomic mass is 19.1. The average Bonchev–Trinajstić information content (AvgIpc) is 3.50. The lowest BCUT2D eigenvalue weighted by Gasteiger charge is -2.30. The average molecular weight is 469 g/mol. The molecule has 34 heavy (non-hydrogen) atoms. The lowest BCUT2D eigenvalue weighted by Crippen LogP contribution is -2.30. The van der Waals surface area contributed by atoms with Gasteiger partial charge in [-0.1, -0.05) is 13.8 Å². The molecule has 0 spiro atoms. The first-order valence-corrected chi connectivity index (χ1v) is 12.3. The molecule has 2 saturated carbocycles. The van der Waals surface area contributed by atoms with Gasteiger partial charge in [-0.15, -0.1) is 0 Å². The van der Waals surface area contributed by atoms with Gasteiger partial charge in [0, 0.05) is 12.5 Å². The van der Waals surface area contributed by atoms with Crippen molar-refractivity contribution in [2.24, 2.45) is 17.1 Å². The van der Waals surface area contributed by atoms with Crippen molar-refractivity contribution in [1.29, 1.82) is 0 Å². The van der Waals surface area contributed by atoms with Crippen LogP contribution in [0.25, 0.3) is 5.69 Å². The number of benzene rings is 1. The second-order valence-corrected chi connectivity index (χ2v) is 11.1. The van der Waals surface area contributed by atoms with E-state index in [9.17, 15) is 14.7 Å². The summed E-state index contributed by atoms with van der Waals surface area (Å²) in [4.78, 5) is 25.2. The van der Waals surface area contributed by atoms with E-state index >= 15 is 4.39 Å². The molecule has 5 rings (SSSR count). The molecule has 3 aliphatic rings. The van der Waals surface area contributed by atoms with Gasteiger partial charge < -0.3 is 16.2 Å². The minimum absolute atomic E-state index is 0.0660. The Morgan fingerprint density at radius 2 is 1.91 bits per heavy atom. The van der Waals surface area contributed by atoms with Crippen LogP contribution in [0.5, 0.6) is 0 Å². The first-order chi connectivity index (χ1) is 16.1. The number of nitrogens with one attached hydrogen (secondary N) is 1. The van der Waals surface area contributed by atoms with Crippen molar-refractivity contribution in [3.63, 3.8) is 0 Å². The van der Waals surface area contributed by atoms with Gasteiger partial charge in [0.25, 0.3) is 5.91 Å². The number of primary amides is 1. The molecule has 8 heteroatoms. The van der Waals surface area contributed by atoms with Crippen molar-refractivity contribution < 1.29 is 19.1 Å². The smallest absolute Gasteiger partial charge is 0.250 e. The fraction of sp³-hybridized carbons (Fsp3) is 0.577. The SMILES string of the molecule is CC1(C)CC(=O)c2c(CC3CC3)nn(-c3ccc(C(N)=O)c(NC4CCC(O)CC4)c3F)c2C1. The Bertz CT molecular complexity index is 1140. The van der Waals surface area contributed by atoms with E-state index in [1.54, 1.807) is 4.68 Å². The molecular formula is C26H33FN4O3. The molecular weight excluding hydrogens is 435 g/mol. The van der Waals surface area contributed by atoms with Gasteiger partial charge in [-0.25, -0.2) is 9.07 Å². The van der Waals surface area contributed by atoms with Gasteiger partial charge >= 0.3 is 0 Å². The van der Waals surface area contributed by atoms with Crippen LogP contribution < -0.4 is 11.1 Å². The maximum atomic E-state index is 16.1. The number of hydrogen-bond acceptors (Lipinski definition) is 5. The van der Waals surface area contributed by atoms with Crippen molar-refractivity contribution in [2.45, 2.75) is 83.8 Å². The quantitative estimate of drug-likeness (QED) is 0.595. The van der Waals surface area contributed by atoms with Gasteiger partial charge in [0.05, 0.1) is 34.3 Å². The van der Waals surface area contributed by atoms with E-state index in [0.29, 0.717) is 50.0 Å². The molecule has 2 aromatic rings. The number of Topliss-reactive ketones (excluding diaryl/α,β-unsaturated/α-hetero) is 1. The topological polar surface area (TPSA) is 110 Å². The number of aliphatic hydroxyl groups excluding tert-OH is 1. The highest BCUT2D eigenvalue weighted by molar-refractivity contribution is 6.00. The van der Waals surface area contributed by atoms with Crippen LogP contribution in [-0.2, 0) is 12.8 Å². The van der Waals surface area contributed by atoms with Crippen LogP contribution in [0, 0.1) is 17.2 Å². The molecule has 4 N–H and O–H groups in total. The van der Waals surface area contributed by atoms with E-state index in [2.05, 4.69) is 5.32 Å². The molecule has 0 radical (unpaired) electrons. The number of carbonyl (C=O) groups excluding carboxylic acids is 2. The third-order valence-corrected chi connectivity index (χ3v) is 7.46. The van der Waals surface area contributed by atoms with Crippen LogP contribution >= 0.6 is 0 Å². The van der Waals surface area contributed by atoms with E-state index < -0.39 is 11.7 Å². The van der Waals surface area contributed by atoms with Crippen LogP contribution in [-0.4, -0.2) is 38.7 Å². The minimum Gasteiger partial charge on any atom is -0.393 e. The Labute approximate surface area is 198 Å². The number of aromatic nitrogens is 2. The number of anilines is 1. The summed E-state index contributed by atoms with van der Waals surface area (Å²) in [6.45, 7) is 4.09. The van der Waals surface area contributed by atoms with Crippen LogP contribution in [0.4, 0.5) is 10.1 Å². The van der Waals surface area contributed by atoms with Gasteiger partial charge in [-0.2, -0.15) is 5.10 Å². The Hall–Kier alpha value is -2.74. The molecule has 182 valence electrons. The Balaban J connectivity index is 1.60. The molecule has 0 unspecified atom stereocenters. The van der Waals surface area contributed by atoms with E-state index in [4.69, 9.17) is 10.8 Å². The molecule has 1 amide bonds. The number of ketones is 1. The van der Waals surface area contributed by atoms with Crippen LogP contribution in [0.3, 0.4) is 0 Å². The maximum Gasteiger partial charge on any atom is 0.250 e. The normalized spacial score (nSPS) is 24.1. The summed E-state index contributed by atoms with van der Waals surface area (Å²) in [7, 11) is 0. The molecule has 1 heterocycles. The number of nitrogens with two attached hydrogens (primary N) is 1. The monoisotopic (exact) mass is 468 g/mol. The van der Waals surface area contributed by atoms with Crippen molar-refractivity contribution in [1.82, 2.24) is 9.78 Å². The van der Waals surface area contributed by atoms with Crippen LogP contribution in [0.1, 0.15) is 90.9 Å². The first-order valence-electron chi connectivity index (χ1n) is 12.3. The predicted octanol–water partition coefficient (Wildman–Crippen LogP) is 3.93. The molecule has 0 atom stereocenters. The number of rotatable bonds is 6. The fourth-order valence-corrected chi connectivity index (χ4v) is 5.46. The largest absolute Gasteiger partial charge is 0.393 e. The first kappa shape index (κ1) is 23.0. The zero-order valence-corrected chi connectivity index (χ0v) is 19.9. The number of hydrogen-bond donors (Lipinski definition) is 3. The molecule has 3 aliphatic carbocycles. The van der Waals surface area contributed by atoms with Gasteiger partial charge in [0.1, 0.15) is 5.69 Å². The van der Waals surface area contributed by atoms with E-state index in [1.165, 1.54) is 12.1 Å². The van der Waals surface area contributed by atoms with Crippen LogP contribution in [0.2, 0.25) is 0 Å². The molecule has 0 saturated heterocycles. The van der Waals surface area contributed by atoms with Crippen molar-refractivity contribution in [3.8, 4) is 5.69 Å². The highest BCUT2D eigenvalue weighted by Crippen LogP contribution is 2.41. The summed E-state index contributed by atoms with van der Waals surface area (Å²) in [5.41, 5.74) is 7.86. The van der Waals surface area contributed by atoms with E-state index in [-0.39, 0.29) is 40.3 Å². The third kappa shape index (κ3) is 4.35. The summed E-state index contributed by atoms with van der Waals surface area (Å²) >= 11 is 0. The predicted molar refractivity (Wildman–Crippen MR) is 127 cm³/mol. The Morgan fingerprint density at radius 1 is 1.21 bits per heavy atom. The number of carbonyl (C=O) groups is 2. The lowest BCUT2D eigenvalue weighted by molar-refractivity contribution is 0.0909. The maximum absolute atomic E-state index is 16.1. The van der Waals surface area contributed by atoms with E-state index in [0.717, 1.165) is 30.7 Å². The van der Waals surface area contributed by atoms with Crippen molar-refractivity contribution in [2.75, 3.05) is 5.32 Å². The Morgan fingerprint density at radius 3 is 2.56 bits per heavy atom. The zero-order valence-electron chi connectivity index (χ0n) is 19.9. The lowest BCUT2D eigenvalue weighted by atomic mass is 9.75. The summed E-state index contributed by atoms with van der Waals surface area (Å²) in [6.07, 6.45) is 6.32. The minimum atomic E-state index is -0.711. The molecule has 0 bridgehead atoms. The molecule has 1 aromatic carbocycles. The number of fused-ring (bicyclic) bond motifs is 1. The summed E-state index contributed by atoms with van der Waals surface area (Å²) < 4.78 is 17.7. The van der Waals surface area contributed by atoms with Gasteiger partial charge in [0.2, 0.25) is 0 Å². The van der Waals surface area contributed by atoms with Crippen molar-refractivity contribution in [3.05, 3.63) is 40.5 Å². The molecule has 0 aliphatic heterocycles. The van der Waals surface area contributed by atoms with Gasteiger partial charge in [-0.3, -0.25) is 9.59 Å².